The lowest BCUT2D eigenvalue weighted by atomic mass is 9.74. The Kier molecular flexibility index (Phi) is 9.89. The van der Waals surface area contributed by atoms with Crippen molar-refractivity contribution >= 4 is 12.1 Å². The van der Waals surface area contributed by atoms with Crippen LogP contribution in [0.3, 0.4) is 0 Å². The van der Waals surface area contributed by atoms with Crippen molar-refractivity contribution in [1.82, 2.24) is 9.80 Å². The number of halogens is 3. The van der Waals surface area contributed by atoms with Crippen LogP contribution < -0.4 is 0 Å². The van der Waals surface area contributed by atoms with Gasteiger partial charge in [-0.2, -0.15) is 13.2 Å². The first kappa shape index (κ1) is 31.4. The van der Waals surface area contributed by atoms with E-state index < -0.39 is 29.7 Å². The van der Waals surface area contributed by atoms with Crippen molar-refractivity contribution in [3.05, 3.63) is 65.4 Å². The van der Waals surface area contributed by atoms with Crippen LogP contribution in [0, 0.1) is 0 Å². The number of carboxylic acids is 1. The highest BCUT2D eigenvalue weighted by atomic mass is 19.4. The summed E-state index contributed by atoms with van der Waals surface area (Å²) in [6.45, 7) is 9.30. The fraction of sp³-hybridized carbons (Fsp3) is 0.533. The number of amides is 1. The van der Waals surface area contributed by atoms with Crippen LogP contribution in [-0.4, -0.2) is 77.5 Å². The number of benzene rings is 2. The first-order valence-corrected chi connectivity index (χ1v) is 13.6. The molecule has 2 aromatic rings. The molecular formula is C30H39F3N3O4-. The molecule has 7 nitrogen and oxygen atoms in total. The lowest BCUT2D eigenvalue weighted by Gasteiger charge is -2.40. The number of unbranched alkanes of at least 4 members (excludes halogenated alkanes) is 1. The van der Waals surface area contributed by atoms with E-state index in [1.165, 1.54) is 0 Å². The van der Waals surface area contributed by atoms with Crippen LogP contribution in [-0.2, 0) is 14.9 Å². The molecule has 2 aliphatic rings. The minimum absolute atomic E-state index is 0.239. The van der Waals surface area contributed by atoms with E-state index in [0.29, 0.717) is 19.5 Å². The van der Waals surface area contributed by atoms with E-state index in [0.717, 1.165) is 48.2 Å². The van der Waals surface area contributed by atoms with E-state index in [2.05, 4.69) is 11.8 Å². The lowest BCUT2D eigenvalue weighted by Crippen LogP contribution is -2.54. The molecule has 1 aliphatic carbocycles. The van der Waals surface area contributed by atoms with Crippen molar-refractivity contribution in [3.63, 3.8) is 0 Å². The average molecular weight is 563 g/mol. The van der Waals surface area contributed by atoms with Crippen molar-refractivity contribution in [2.45, 2.75) is 70.2 Å². The molecule has 1 amide bonds. The van der Waals surface area contributed by atoms with Gasteiger partial charge in [-0.3, -0.25) is 9.69 Å². The number of hydrogen-bond donors (Lipinski definition) is 1. The third-order valence-corrected chi connectivity index (χ3v) is 7.29. The molecule has 1 aliphatic heterocycles. The SMILES string of the molecule is C[C@@H]1CN(C(=O)OC(C)(C)C)CCN1CCCCC1(C(=O)O)c2ccccc2-c2ccccc21.[NH-]CC(F)(F)F. The largest absolute Gasteiger partial charge is 0.670 e. The predicted octanol–water partition coefficient (Wildman–Crippen LogP) is 6.75. The van der Waals surface area contributed by atoms with Crippen molar-refractivity contribution in [3.8, 4) is 11.1 Å². The van der Waals surface area contributed by atoms with Gasteiger partial charge in [-0.05, 0) is 69.3 Å². The summed E-state index contributed by atoms with van der Waals surface area (Å²) in [6.07, 6.45) is -2.24. The summed E-state index contributed by atoms with van der Waals surface area (Å²) in [6, 6.07) is 16.1. The second-order valence-electron chi connectivity index (χ2n) is 11.4. The summed E-state index contributed by atoms with van der Waals surface area (Å²) in [4.78, 5) is 29.3. The van der Waals surface area contributed by atoms with Crippen LogP contribution in [0.4, 0.5) is 18.0 Å². The fourth-order valence-corrected chi connectivity index (χ4v) is 5.46. The number of carbonyl (C=O) groups is 2. The smallest absolute Gasteiger partial charge is 0.410 e. The molecule has 0 bridgehead atoms. The summed E-state index contributed by atoms with van der Waals surface area (Å²) in [5.74, 6) is -0.774. The molecule has 1 fully saturated rings. The van der Waals surface area contributed by atoms with Crippen LogP contribution in [0.5, 0.6) is 0 Å². The molecule has 2 aromatic carbocycles. The van der Waals surface area contributed by atoms with Crippen LogP contribution in [0.15, 0.2) is 48.5 Å². The Bertz CT molecular complexity index is 1130. The standard InChI is InChI=1S/C28H36N2O4.C2H3F3N/c1-20-19-30(26(33)34-27(2,3)4)18-17-29(20)16-10-9-15-28(25(31)32)23-13-7-5-11-21(23)22-12-6-8-14-24(22)28;3-2(4,5)1-6/h5-8,11-14,20H,9-10,15-19H2,1-4H3,(H,31,32);6H,1H2/q;-1/t20-;/m1./s1. The van der Waals surface area contributed by atoms with E-state index in [1.807, 2.05) is 69.3 Å². The Morgan fingerprint density at radius 3 is 1.98 bits per heavy atom. The third-order valence-electron chi connectivity index (χ3n) is 7.29. The van der Waals surface area contributed by atoms with Gasteiger partial charge in [0.25, 0.3) is 0 Å². The second kappa shape index (κ2) is 12.6. The zero-order valence-electron chi connectivity index (χ0n) is 23.6. The normalized spacial score (nSPS) is 18.3. The van der Waals surface area contributed by atoms with Crippen LogP contribution in [0.1, 0.15) is 58.1 Å². The van der Waals surface area contributed by atoms with Gasteiger partial charge in [-0.15, -0.1) is 0 Å². The number of aliphatic carboxylic acids is 1. The van der Waals surface area contributed by atoms with Crippen molar-refractivity contribution in [2.75, 3.05) is 32.7 Å². The van der Waals surface area contributed by atoms with Crippen LogP contribution in [0.2, 0.25) is 0 Å². The van der Waals surface area contributed by atoms with E-state index in [1.54, 1.807) is 4.90 Å². The Labute approximate surface area is 234 Å². The number of ether oxygens (including phenoxy) is 1. The predicted molar refractivity (Wildman–Crippen MR) is 148 cm³/mol. The number of nitrogens with one attached hydrogen (secondary N) is 1. The van der Waals surface area contributed by atoms with Gasteiger partial charge in [-0.25, -0.2) is 4.79 Å². The maximum absolute atomic E-state index is 12.7. The average Bonchev–Trinajstić information content (AvgIpc) is 3.17. The molecule has 1 saturated heterocycles. The van der Waals surface area contributed by atoms with Crippen molar-refractivity contribution < 1.29 is 32.6 Å². The number of carbonyl (C=O) groups excluding carboxylic acids is 1. The molecule has 1 atom stereocenters. The molecule has 40 heavy (non-hydrogen) atoms. The highest BCUT2D eigenvalue weighted by Gasteiger charge is 2.48. The van der Waals surface area contributed by atoms with Gasteiger partial charge < -0.3 is 20.5 Å². The maximum atomic E-state index is 12.7. The molecule has 220 valence electrons. The number of alkyl halides is 3. The third kappa shape index (κ3) is 7.34. The van der Waals surface area contributed by atoms with E-state index in [-0.39, 0.29) is 12.1 Å². The molecular weight excluding hydrogens is 523 g/mol. The quantitative estimate of drug-likeness (QED) is 0.393. The second-order valence-corrected chi connectivity index (χ2v) is 11.4. The number of carboxylic acid groups (broad SMARTS) is 1. The number of nitrogens with zero attached hydrogens (tertiary/aromatic N) is 2. The zero-order valence-corrected chi connectivity index (χ0v) is 23.6. The number of hydrogen-bond acceptors (Lipinski definition) is 4. The number of piperazine rings is 1. The van der Waals surface area contributed by atoms with Gasteiger partial charge in [-0.1, -0.05) is 61.5 Å². The van der Waals surface area contributed by atoms with Gasteiger partial charge in [0.1, 0.15) is 11.0 Å². The summed E-state index contributed by atoms with van der Waals surface area (Å²) >= 11 is 0. The van der Waals surface area contributed by atoms with E-state index in [4.69, 9.17) is 10.5 Å². The summed E-state index contributed by atoms with van der Waals surface area (Å²) < 4.78 is 37.3. The van der Waals surface area contributed by atoms with Crippen LogP contribution in [0.25, 0.3) is 16.9 Å². The van der Waals surface area contributed by atoms with E-state index >= 15 is 0 Å². The minimum Gasteiger partial charge on any atom is -0.670 e. The Hall–Kier alpha value is -3.11. The number of rotatable bonds is 6. The minimum atomic E-state index is -4.29. The summed E-state index contributed by atoms with van der Waals surface area (Å²) in [5, 5.41) is 10.4. The molecule has 0 spiro atoms. The van der Waals surface area contributed by atoms with Gasteiger partial charge >= 0.3 is 18.2 Å². The van der Waals surface area contributed by atoms with Crippen molar-refractivity contribution in [1.29, 1.82) is 0 Å². The van der Waals surface area contributed by atoms with Gasteiger partial charge in [0.05, 0.1) is 0 Å². The van der Waals surface area contributed by atoms with Gasteiger partial charge in [0, 0.05) is 25.7 Å². The molecule has 0 saturated carbocycles. The topological polar surface area (TPSA) is 93.9 Å². The highest BCUT2D eigenvalue weighted by Crippen LogP contribution is 2.51. The molecule has 0 aromatic heterocycles. The summed E-state index contributed by atoms with van der Waals surface area (Å²) in [7, 11) is 0. The van der Waals surface area contributed by atoms with Crippen LogP contribution >= 0.6 is 0 Å². The first-order valence-electron chi connectivity index (χ1n) is 13.6. The molecule has 0 radical (unpaired) electrons. The molecule has 0 unspecified atom stereocenters. The molecule has 4 rings (SSSR count). The summed E-state index contributed by atoms with van der Waals surface area (Å²) in [5.41, 5.74) is 8.13. The Morgan fingerprint density at radius 2 is 1.52 bits per heavy atom. The molecule has 10 heteroatoms. The molecule has 1 heterocycles. The number of fused-ring (bicyclic) bond motifs is 3. The molecule has 2 N–H and O–H groups in total. The monoisotopic (exact) mass is 562 g/mol. The Morgan fingerprint density at radius 1 is 1.00 bits per heavy atom. The lowest BCUT2D eigenvalue weighted by molar-refractivity contribution is -0.142. The van der Waals surface area contributed by atoms with E-state index in [9.17, 15) is 27.9 Å². The first-order chi connectivity index (χ1) is 18.7. The van der Waals surface area contributed by atoms with Gasteiger partial charge in [0.2, 0.25) is 0 Å². The fourth-order valence-electron chi connectivity index (χ4n) is 5.46. The van der Waals surface area contributed by atoms with Gasteiger partial charge in [0.15, 0.2) is 0 Å². The van der Waals surface area contributed by atoms with Crippen molar-refractivity contribution in [2.24, 2.45) is 0 Å². The highest BCUT2D eigenvalue weighted by molar-refractivity contribution is 5.97. The zero-order chi connectivity index (χ0) is 29.7. The Balaban J connectivity index is 0.000000663. The maximum Gasteiger partial charge on any atom is 0.410 e.